The van der Waals surface area contributed by atoms with Gasteiger partial charge < -0.3 is 14.8 Å². The third kappa shape index (κ3) is 3.51. The number of hydrogen-bond donors (Lipinski definition) is 1. The SMILES string of the molecule is CC12C(=O)N(CCC3=CCCCC3)CC(=O)N1CC(c1ccccc1Cl)c1c2[nH]c2ccccc12. The van der Waals surface area contributed by atoms with E-state index < -0.39 is 5.54 Å². The van der Waals surface area contributed by atoms with Crippen LogP contribution in [0, 0.1) is 0 Å². The summed E-state index contributed by atoms with van der Waals surface area (Å²) in [5.74, 6) is -0.122. The normalized spacial score (nSPS) is 24.4. The highest BCUT2D eigenvalue weighted by molar-refractivity contribution is 6.31. The van der Waals surface area contributed by atoms with Gasteiger partial charge in [0.1, 0.15) is 0 Å². The van der Waals surface area contributed by atoms with Crippen LogP contribution in [0.3, 0.4) is 0 Å². The standard InChI is InChI=1S/C29H30ClN3O2/c1-29-27-26(21-12-6-8-14-24(21)31-27)22(20-11-5-7-13-23(20)30)17-33(29)25(34)18-32(28(29)35)16-15-19-9-3-2-4-10-19/h5-9,11-14,22,31H,2-4,10,15-18H2,1H3. The van der Waals surface area contributed by atoms with Gasteiger partial charge in [0.05, 0.1) is 12.2 Å². The van der Waals surface area contributed by atoms with E-state index in [1.807, 2.05) is 49.4 Å². The molecule has 35 heavy (non-hydrogen) atoms. The van der Waals surface area contributed by atoms with Gasteiger partial charge >= 0.3 is 0 Å². The number of halogens is 1. The number of H-pyrrole nitrogens is 1. The Balaban J connectivity index is 1.45. The van der Waals surface area contributed by atoms with Crippen molar-refractivity contribution in [3.63, 3.8) is 0 Å². The van der Waals surface area contributed by atoms with Crippen molar-refractivity contribution in [2.75, 3.05) is 19.6 Å². The van der Waals surface area contributed by atoms with E-state index in [0.29, 0.717) is 18.1 Å². The molecule has 3 aliphatic rings. The molecular weight excluding hydrogens is 458 g/mol. The number of aromatic amines is 1. The Kier molecular flexibility index (Phi) is 5.48. The minimum absolute atomic E-state index is 0.000996. The van der Waals surface area contributed by atoms with E-state index in [2.05, 4.69) is 17.1 Å². The van der Waals surface area contributed by atoms with E-state index in [-0.39, 0.29) is 24.3 Å². The molecule has 1 aliphatic carbocycles. The van der Waals surface area contributed by atoms with Gasteiger partial charge in [-0.25, -0.2) is 0 Å². The largest absolute Gasteiger partial charge is 0.356 e. The Morgan fingerprint density at radius 1 is 1.09 bits per heavy atom. The van der Waals surface area contributed by atoms with Crippen LogP contribution in [-0.2, 0) is 15.1 Å². The fraction of sp³-hybridized carbons (Fsp3) is 0.379. The molecule has 0 spiro atoms. The molecule has 1 fully saturated rings. The number of carbonyl (C=O) groups excluding carboxylic acids is 2. The molecule has 2 atom stereocenters. The van der Waals surface area contributed by atoms with Crippen molar-refractivity contribution >= 4 is 34.3 Å². The zero-order valence-corrected chi connectivity index (χ0v) is 20.8. The molecule has 2 unspecified atom stereocenters. The maximum absolute atomic E-state index is 14.1. The summed E-state index contributed by atoms with van der Waals surface area (Å²) in [6, 6.07) is 16.0. The second-order valence-electron chi connectivity index (χ2n) is 10.2. The predicted molar refractivity (Wildman–Crippen MR) is 138 cm³/mol. The summed E-state index contributed by atoms with van der Waals surface area (Å²) < 4.78 is 0. The van der Waals surface area contributed by atoms with Crippen LogP contribution in [0.4, 0.5) is 0 Å². The number of aromatic nitrogens is 1. The number of fused-ring (bicyclic) bond motifs is 5. The molecule has 3 heterocycles. The Morgan fingerprint density at radius 3 is 2.69 bits per heavy atom. The summed E-state index contributed by atoms with van der Waals surface area (Å²) in [5.41, 5.74) is 4.19. The first-order chi connectivity index (χ1) is 17.0. The molecule has 2 aromatic carbocycles. The van der Waals surface area contributed by atoms with Gasteiger partial charge in [0, 0.05) is 34.9 Å². The van der Waals surface area contributed by atoms with E-state index in [9.17, 15) is 9.59 Å². The molecule has 6 heteroatoms. The van der Waals surface area contributed by atoms with Crippen LogP contribution in [0.15, 0.2) is 60.2 Å². The topological polar surface area (TPSA) is 56.4 Å². The van der Waals surface area contributed by atoms with E-state index in [0.717, 1.165) is 47.0 Å². The quantitative estimate of drug-likeness (QED) is 0.477. The van der Waals surface area contributed by atoms with Gasteiger partial charge in [-0.3, -0.25) is 9.59 Å². The Morgan fingerprint density at radius 2 is 1.89 bits per heavy atom. The summed E-state index contributed by atoms with van der Waals surface area (Å²) in [6.45, 7) is 3.06. The lowest BCUT2D eigenvalue weighted by Crippen LogP contribution is -2.67. The first-order valence-corrected chi connectivity index (χ1v) is 13.0. The van der Waals surface area contributed by atoms with Crippen molar-refractivity contribution in [1.82, 2.24) is 14.8 Å². The molecule has 0 radical (unpaired) electrons. The fourth-order valence-corrected chi connectivity index (χ4v) is 6.57. The molecule has 2 amide bonds. The molecule has 6 rings (SSSR count). The monoisotopic (exact) mass is 487 g/mol. The third-order valence-electron chi connectivity index (χ3n) is 8.19. The van der Waals surface area contributed by atoms with Crippen LogP contribution >= 0.6 is 11.6 Å². The molecule has 0 saturated carbocycles. The zero-order valence-electron chi connectivity index (χ0n) is 20.0. The van der Waals surface area contributed by atoms with Crippen LogP contribution in [0.1, 0.15) is 61.8 Å². The van der Waals surface area contributed by atoms with Gasteiger partial charge in [-0.15, -0.1) is 0 Å². The molecule has 1 saturated heterocycles. The smallest absolute Gasteiger partial charge is 0.254 e. The molecule has 0 bridgehead atoms. The van der Waals surface area contributed by atoms with Crippen molar-refractivity contribution in [1.29, 1.82) is 0 Å². The summed E-state index contributed by atoms with van der Waals surface area (Å²) in [6.07, 6.45) is 7.84. The molecule has 2 aliphatic heterocycles. The van der Waals surface area contributed by atoms with Crippen LogP contribution in [-0.4, -0.2) is 46.2 Å². The minimum Gasteiger partial charge on any atom is -0.356 e. The number of allylic oxidation sites excluding steroid dienone is 1. The average molecular weight is 488 g/mol. The van der Waals surface area contributed by atoms with Crippen LogP contribution in [0.5, 0.6) is 0 Å². The van der Waals surface area contributed by atoms with Gasteiger partial charge in [-0.2, -0.15) is 0 Å². The molecule has 3 aromatic rings. The lowest BCUT2D eigenvalue weighted by molar-refractivity contribution is -0.166. The molecule has 1 N–H and O–H groups in total. The summed E-state index contributed by atoms with van der Waals surface area (Å²) in [4.78, 5) is 34.8. The molecule has 1 aromatic heterocycles. The second-order valence-corrected chi connectivity index (χ2v) is 10.6. The van der Waals surface area contributed by atoms with Crippen LogP contribution in [0.2, 0.25) is 5.02 Å². The third-order valence-corrected chi connectivity index (χ3v) is 8.53. The highest BCUT2D eigenvalue weighted by Gasteiger charge is 2.56. The van der Waals surface area contributed by atoms with Gasteiger partial charge in [0.15, 0.2) is 5.54 Å². The van der Waals surface area contributed by atoms with Crippen molar-refractivity contribution in [3.8, 4) is 0 Å². The number of amides is 2. The molecule has 180 valence electrons. The van der Waals surface area contributed by atoms with E-state index in [1.54, 1.807) is 9.80 Å². The number of nitrogens with zero attached hydrogens (tertiary/aromatic N) is 2. The van der Waals surface area contributed by atoms with E-state index in [4.69, 9.17) is 11.6 Å². The number of rotatable bonds is 4. The van der Waals surface area contributed by atoms with Crippen molar-refractivity contribution in [2.45, 2.75) is 50.5 Å². The maximum Gasteiger partial charge on any atom is 0.254 e. The maximum atomic E-state index is 14.1. The number of nitrogens with one attached hydrogen (secondary N) is 1. The second kappa shape index (κ2) is 8.56. The molecular formula is C29H30ClN3O2. The minimum atomic E-state index is -1.07. The van der Waals surface area contributed by atoms with Gasteiger partial charge in [0.25, 0.3) is 5.91 Å². The number of benzene rings is 2. The van der Waals surface area contributed by atoms with Gasteiger partial charge in [-0.05, 0) is 62.3 Å². The highest BCUT2D eigenvalue weighted by atomic mass is 35.5. The van der Waals surface area contributed by atoms with Crippen LogP contribution < -0.4 is 0 Å². The van der Waals surface area contributed by atoms with E-state index in [1.165, 1.54) is 18.4 Å². The number of hydrogen-bond acceptors (Lipinski definition) is 2. The van der Waals surface area contributed by atoms with Crippen LogP contribution in [0.25, 0.3) is 10.9 Å². The van der Waals surface area contributed by atoms with Gasteiger partial charge in [-0.1, -0.05) is 59.6 Å². The summed E-state index contributed by atoms with van der Waals surface area (Å²) >= 11 is 6.66. The molecule has 5 nitrogen and oxygen atoms in total. The average Bonchev–Trinajstić information content (AvgIpc) is 3.28. The van der Waals surface area contributed by atoms with Crippen molar-refractivity contribution < 1.29 is 9.59 Å². The fourth-order valence-electron chi connectivity index (χ4n) is 6.31. The lowest BCUT2D eigenvalue weighted by Gasteiger charge is -2.51. The first kappa shape index (κ1) is 22.4. The zero-order chi connectivity index (χ0) is 24.2. The van der Waals surface area contributed by atoms with E-state index >= 15 is 0 Å². The Hall–Kier alpha value is -3.05. The summed E-state index contributed by atoms with van der Waals surface area (Å²) in [7, 11) is 0. The number of carbonyl (C=O) groups is 2. The number of piperazine rings is 1. The van der Waals surface area contributed by atoms with Crippen molar-refractivity contribution in [2.24, 2.45) is 0 Å². The summed E-state index contributed by atoms with van der Waals surface area (Å²) in [5, 5.41) is 1.76. The Bertz CT molecular complexity index is 1360. The Labute approximate surface area is 210 Å². The number of para-hydroxylation sites is 1. The lowest BCUT2D eigenvalue weighted by atomic mass is 9.76. The van der Waals surface area contributed by atoms with Gasteiger partial charge in [0.2, 0.25) is 5.91 Å². The van der Waals surface area contributed by atoms with Crippen molar-refractivity contribution in [3.05, 3.63) is 82.0 Å². The highest BCUT2D eigenvalue weighted by Crippen LogP contribution is 2.49. The predicted octanol–water partition coefficient (Wildman–Crippen LogP) is 5.74. The first-order valence-electron chi connectivity index (χ1n) is 12.6.